The number of benzene rings is 3. The lowest BCUT2D eigenvalue weighted by Gasteiger charge is -2.41. The van der Waals surface area contributed by atoms with Gasteiger partial charge in [0.1, 0.15) is 24.0 Å². The average molecular weight is 644 g/mol. The zero-order valence-corrected chi connectivity index (χ0v) is 26.7. The second-order valence-electron chi connectivity index (χ2n) is 13.0. The van der Waals surface area contributed by atoms with Crippen LogP contribution in [0.3, 0.4) is 0 Å². The van der Waals surface area contributed by atoms with Gasteiger partial charge in [0, 0.05) is 42.8 Å². The number of phenolic OH excluding ortho intramolecular Hbond substituents is 1. The summed E-state index contributed by atoms with van der Waals surface area (Å²) < 4.78 is 6.32. The summed E-state index contributed by atoms with van der Waals surface area (Å²) in [6.45, 7) is 2.37. The maximum absolute atomic E-state index is 13.3. The predicted molar refractivity (Wildman–Crippen MR) is 184 cm³/mol. The number of piperazine rings is 1. The Labute approximate surface area is 278 Å². The summed E-state index contributed by atoms with van der Waals surface area (Å²) in [5.74, 6) is 0.0829. The van der Waals surface area contributed by atoms with Gasteiger partial charge in [0.2, 0.25) is 0 Å². The number of likely N-dealkylation sites (tertiary alicyclic amines) is 2. The summed E-state index contributed by atoms with van der Waals surface area (Å²) in [7, 11) is 2.12. The second-order valence-corrected chi connectivity index (χ2v) is 13.0. The van der Waals surface area contributed by atoms with E-state index in [4.69, 9.17) is 14.7 Å². The number of phenols is 1. The van der Waals surface area contributed by atoms with Crippen LogP contribution in [-0.4, -0.2) is 93.1 Å². The van der Waals surface area contributed by atoms with Crippen LogP contribution in [0.4, 0.5) is 11.6 Å². The maximum atomic E-state index is 13.3. The Morgan fingerprint density at radius 3 is 2.52 bits per heavy atom. The topological polar surface area (TPSA) is 124 Å². The molecule has 3 saturated heterocycles. The Bertz CT molecular complexity index is 2010. The molecule has 5 heterocycles. The quantitative estimate of drug-likeness (QED) is 0.250. The van der Waals surface area contributed by atoms with Crippen molar-refractivity contribution in [3.8, 4) is 22.9 Å². The first-order valence-electron chi connectivity index (χ1n) is 16.6. The van der Waals surface area contributed by atoms with Gasteiger partial charge in [-0.1, -0.05) is 36.4 Å². The molecule has 0 spiro atoms. The van der Waals surface area contributed by atoms with Crippen LogP contribution < -0.4 is 15.0 Å². The number of aromatic hydroxyl groups is 1. The minimum absolute atomic E-state index is 0.0167. The Balaban J connectivity index is 1.13. The molecular formula is C37H37N7O4. The highest BCUT2D eigenvalue weighted by molar-refractivity contribution is 6.39. The molecule has 2 amide bonds. The number of nitrogens with one attached hydrogen (secondary N) is 1. The van der Waals surface area contributed by atoms with E-state index in [9.17, 15) is 14.7 Å². The predicted octanol–water partition coefficient (Wildman–Crippen LogP) is 4.84. The third-order valence-corrected chi connectivity index (χ3v) is 10.0. The number of hydrogen-bond donors (Lipinski definition) is 2. The molecule has 0 saturated carbocycles. The molecule has 3 aliphatic rings. The molecule has 0 unspecified atom stereocenters. The molecule has 11 nitrogen and oxygen atoms in total. The van der Waals surface area contributed by atoms with E-state index < -0.39 is 11.8 Å². The van der Waals surface area contributed by atoms with Crippen molar-refractivity contribution in [3.05, 3.63) is 79.0 Å². The summed E-state index contributed by atoms with van der Waals surface area (Å²) in [5.41, 5.74) is 2.59. The number of rotatable bonds is 6. The van der Waals surface area contributed by atoms with Gasteiger partial charge in [-0.2, -0.15) is 9.97 Å². The molecule has 3 aromatic carbocycles. The van der Waals surface area contributed by atoms with Crippen molar-refractivity contribution in [1.29, 1.82) is 0 Å². The number of pyridine rings is 1. The number of carbonyl (C=O) groups excluding carboxylic acids is 2. The Kier molecular flexibility index (Phi) is 7.76. The van der Waals surface area contributed by atoms with Crippen LogP contribution in [0.1, 0.15) is 25.7 Å². The fourth-order valence-electron chi connectivity index (χ4n) is 7.58. The van der Waals surface area contributed by atoms with Crippen LogP contribution in [0, 0.1) is 0 Å². The minimum atomic E-state index is -0.686. The van der Waals surface area contributed by atoms with E-state index in [1.807, 2.05) is 36.4 Å². The molecule has 3 fully saturated rings. The fourth-order valence-corrected chi connectivity index (χ4v) is 7.58. The number of carbonyl (C=O) groups is 2. The third-order valence-electron chi connectivity index (χ3n) is 10.0. The average Bonchev–Trinajstić information content (AvgIpc) is 3.63. The van der Waals surface area contributed by atoms with E-state index in [0.29, 0.717) is 37.6 Å². The van der Waals surface area contributed by atoms with Crippen molar-refractivity contribution < 1.29 is 19.4 Å². The monoisotopic (exact) mass is 643 g/mol. The van der Waals surface area contributed by atoms with Crippen molar-refractivity contribution in [2.75, 3.05) is 43.5 Å². The second kappa shape index (κ2) is 12.4. The third kappa shape index (κ3) is 5.64. The summed E-state index contributed by atoms with van der Waals surface area (Å²) >= 11 is 0. The van der Waals surface area contributed by atoms with Crippen molar-refractivity contribution >= 4 is 45.1 Å². The summed E-state index contributed by atoms with van der Waals surface area (Å²) in [4.78, 5) is 46.4. The van der Waals surface area contributed by atoms with Crippen molar-refractivity contribution in [2.24, 2.45) is 0 Å². The highest BCUT2D eigenvalue weighted by atomic mass is 16.5. The molecule has 8 rings (SSSR count). The SMILES string of the molecule is CN1CCC[C@H]1COc1nc(N2[C@@H]3CC[C@H]2CN(C(=O)C(=O)Nc2ccccn2)C3)c2ccc(-c3cc(O)cc4ccccc34)cc2n1. The first kappa shape index (κ1) is 30.1. The van der Waals surface area contributed by atoms with Crippen molar-refractivity contribution in [2.45, 2.75) is 43.8 Å². The van der Waals surface area contributed by atoms with E-state index in [2.05, 4.69) is 33.2 Å². The smallest absolute Gasteiger partial charge is 0.319 e. The molecule has 244 valence electrons. The van der Waals surface area contributed by atoms with E-state index in [1.165, 1.54) is 0 Å². The van der Waals surface area contributed by atoms with E-state index >= 15 is 0 Å². The highest BCUT2D eigenvalue weighted by Crippen LogP contribution is 2.40. The molecule has 2 bridgehead atoms. The number of anilines is 2. The summed E-state index contributed by atoms with van der Waals surface area (Å²) in [6, 6.07) is 23.5. The van der Waals surface area contributed by atoms with Gasteiger partial charge in [0.15, 0.2) is 0 Å². The molecule has 48 heavy (non-hydrogen) atoms. The van der Waals surface area contributed by atoms with Crippen LogP contribution in [-0.2, 0) is 9.59 Å². The van der Waals surface area contributed by atoms with Crippen molar-refractivity contribution in [3.63, 3.8) is 0 Å². The molecule has 5 aromatic rings. The number of hydrogen-bond acceptors (Lipinski definition) is 9. The minimum Gasteiger partial charge on any atom is -0.508 e. The number of aromatic nitrogens is 3. The van der Waals surface area contributed by atoms with Crippen LogP contribution in [0.25, 0.3) is 32.8 Å². The van der Waals surface area contributed by atoms with Gasteiger partial charge < -0.3 is 29.9 Å². The van der Waals surface area contributed by atoms with Crippen molar-refractivity contribution in [1.82, 2.24) is 24.8 Å². The standard InChI is InChI=1S/C37H37N7O4/c1-42-16-6-8-27(42)22-48-37-39-32-18-24(31-19-28(45)17-23-7-2-3-9-29(23)31)11-14-30(32)34(41-37)44-25-12-13-26(44)21-43(20-25)36(47)35(46)40-33-10-4-5-15-38-33/h2-5,7,9-11,14-15,17-19,25-27,45H,6,8,12-13,16,20-22H2,1H3,(H,38,40,46)/t25-,26+,27-/m0/s1. The Morgan fingerprint density at radius 1 is 0.938 bits per heavy atom. The number of likely N-dealkylation sites (N-methyl/N-ethyl adjacent to an activating group) is 1. The van der Waals surface area contributed by atoms with Gasteiger partial charge in [-0.05, 0) is 97.6 Å². The van der Waals surface area contributed by atoms with Crippen LogP contribution in [0.2, 0.25) is 0 Å². The maximum Gasteiger partial charge on any atom is 0.319 e. The lowest BCUT2D eigenvalue weighted by atomic mass is 9.97. The molecule has 2 aromatic heterocycles. The first-order chi connectivity index (χ1) is 23.4. The Hall–Kier alpha value is -5.29. The summed E-state index contributed by atoms with van der Waals surface area (Å²) in [5, 5.41) is 16.1. The first-order valence-corrected chi connectivity index (χ1v) is 16.6. The molecule has 2 N–H and O–H groups in total. The molecule has 0 radical (unpaired) electrons. The van der Waals surface area contributed by atoms with E-state index in [0.717, 1.165) is 70.8 Å². The highest BCUT2D eigenvalue weighted by Gasteiger charge is 2.44. The van der Waals surface area contributed by atoms with Gasteiger partial charge >= 0.3 is 17.8 Å². The number of fused-ring (bicyclic) bond motifs is 4. The molecule has 3 atom stereocenters. The van der Waals surface area contributed by atoms with Crippen LogP contribution >= 0.6 is 0 Å². The number of amides is 2. The number of nitrogens with zero attached hydrogens (tertiary/aromatic N) is 6. The zero-order chi connectivity index (χ0) is 32.8. The fraction of sp³-hybridized carbons (Fsp3) is 0.324. The number of ether oxygens (including phenoxy) is 1. The molecular weight excluding hydrogens is 606 g/mol. The molecule has 11 heteroatoms. The van der Waals surface area contributed by atoms with Crippen LogP contribution in [0.5, 0.6) is 11.8 Å². The zero-order valence-electron chi connectivity index (χ0n) is 26.7. The largest absolute Gasteiger partial charge is 0.508 e. The molecule has 3 aliphatic heterocycles. The molecule has 0 aliphatic carbocycles. The lowest BCUT2D eigenvalue weighted by molar-refractivity contribution is -0.143. The lowest BCUT2D eigenvalue weighted by Crippen LogP contribution is -2.57. The van der Waals surface area contributed by atoms with E-state index in [1.54, 1.807) is 41.4 Å². The van der Waals surface area contributed by atoms with Gasteiger partial charge in [0.05, 0.1) is 5.52 Å². The van der Waals surface area contributed by atoms with Gasteiger partial charge in [0.25, 0.3) is 0 Å². The van der Waals surface area contributed by atoms with Gasteiger partial charge in [-0.15, -0.1) is 0 Å². The van der Waals surface area contributed by atoms with Crippen LogP contribution in [0.15, 0.2) is 79.0 Å². The van der Waals surface area contributed by atoms with Gasteiger partial charge in [-0.25, -0.2) is 4.98 Å². The summed E-state index contributed by atoms with van der Waals surface area (Å²) in [6.07, 6.45) is 5.53. The van der Waals surface area contributed by atoms with Gasteiger partial charge in [-0.3, -0.25) is 9.59 Å². The van der Waals surface area contributed by atoms with E-state index in [-0.39, 0.29) is 17.8 Å². The normalized spacial score (nSPS) is 20.8. The Morgan fingerprint density at radius 2 is 1.75 bits per heavy atom.